The first-order chi connectivity index (χ1) is 19.6. The molecular formula is C31H66N2O7P+. The third-order valence-electron chi connectivity index (χ3n) is 6.99. The van der Waals surface area contributed by atoms with Crippen molar-refractivity contribution in [2.45, 2.75) is 136 Å². The minimum absolute atomic E-state index is 0.0127. The summed E-state index contributed by atoms with van der Waals surface area (Å²) in [5.41, 5.74) is 0. The molecule has 0 rings (SSSR count). The second kappa shape index (κ2) is 26.9. The lowest BCUT2D eigenvalue weighted by molar-refractivity contribution is -0.870. The number of alkyl carbamates (subject to hydrolysis) is 1. The van der Waals surface area contributed by atoms with Crippen LogP contribution in [0.4, 0.5) is 4.79 Å². The lowest BCUT2D eigenvalue weighted by Crippen LogP contribution is -2.38. The minimum Gasteiger partial charge on any atom is -0.450 e. The summed E-state index contributed by atoms with van der Waals surface area (Å²) in [4.78, 5) is 21.8. The van der Waals surface area contributed by atoms with E-state index in [-0.39, 0.29) is 26.4 Å². The summed E-state index contributed by atoms with van der Waals surface area (Å²) in [5.74, 6) is 0. The van der Waals surface area contributed by atoms with E-state index in [1.54, 1.807) is 6.92 Å². The maximum absolute atomic E-state index is 12.4. The van der Waals surface area contributed by atoms with Crippen molar-refractivity contribution >= 4 is 13.9 Å². The number of amides is 1. The molecule has 2 unspecified atom stereocenters. The highest BCUT2D eigenvalue weighted by Gasteiger charge is 2.28. The van der Waals surface area contributed by atoms with Gasteiger partial charge in [0.25, 0.3) is 0 Å². The molecule has 0 aliphatic heterocycles. The molecule has 0 radical (unpaired) electrons. The number of likely N-dealkylation sites (N-methyl/N-ethyl adjacent to an activating group) is 1. The molecule has 9 nitrogen and oxygen atoms in total. The van der Waals surface area contributed by atoms with Crippen molar-refractivity contribution in [3.05, 3.63) is 0 Å². The third kappa shape index (κ3) is 30.6. The predicted octanol–water partition coefficient (Wildman–Crippen LogP) is 8.00. The highest BCUT2D eigenvalue weighted by Crippen LogP contribution is 2.44. The molecule has 0 aromatic rings. The van der Waals surface area contributed by atoms with Crippen LogP contribution in [-0.2, 0) is 23.1 Å². The Morgan fingerprint density at radius 3 is 1.66 bits per heavy atom. The van der Waals surface area contributed by atoms with E-state index in [4.69, 9.17) is 18.5 Å². The lowest BCUT2D eigenvalue weighted by atomic mass is 10.0. The van der Waals surface area contributed by atoms with Crippen LogP contribution in [0.2, 0.25) is 0 Å². The SMILES string of the molecule is CCCCCCCCCCCCCCCCCCCCOCC(CNC(=O)OCC)OP(=O)(O)OCC[N+](C)(C)C. The van der Waals surface area contributed by atoms with Gasteiger partial charge in [-0.25, -0.2) is 9.36 Å². The Bertz CT molecular complexity index is 646. The van der Waals surface area contributed by atoms with Gasteiger partial charge in [0.15, 0.2) is 0 Å². The number of carbonyl (C=O) groups excluding carboxylic acids is 1. The fourth-order valence-electron chi connectivity index (χ4n) is 4.48. The maximum atomic E-state index is 12.4. The summed E-state index contributed by atoms with van der Waals surface area (Å²) in [5, 5.41) is 2.54. The van der Waals surface area contributed by atoms with Crippen molar-refractivity contribution in [2.24, 2.45) is 0 Å². The largest absolute Gasteiger partial charge is 0.472 e. The van der Waals surface area contributed by atoms with Crippen LogP contribution in [0.3, 0.4) is 0 Å². The van der Waals surface area contributed by atoms with E-state index in [2.05, 4.69) is 12.2 Å². The van der Waals surface area contributed by atoms with Gasteiger partial charge in [0.05, 0.1) is 40.9 Å². The molecule has 0 saturated carbocycles. The van der Waals surface area contributed by atoms with Gasteiger partial charge in [-0.05, 0) is 13.3 Å². The fraction of sp³-hybridized carbons (Fsp3) is 0.968. The normalized spacial score (nSPS) is 14.1. The van der Waals surface area contributed by atoms with Gasteiger partial charge in [-0.1, -0.05) is 116 Å². The second-order valence-electron chi connectivity index (χ2n) is 12.2. The molecule has 2 atom stereocenters. The molecule has 0 saturated heterocycles. The number of phosphoric ester groups is 1. The standard InChI is InChI=1S/C31H65N2O7P/c1-6-8-9-10-11-12-13-14-15-16-17-18-19-20-21-22-23-24-26-37-29-30(28-32-31(34)38-7-2)40-41(35,36)39-27-25-33(3,4)5/h30H,6-29H2,1-5H3,(H-,32,34,35,36)/p+1. The zero-order chi connectivity index (χ0) is 30.7. The summed E-state index contributed by atoms with van der Waals surface area (Å²) in [6.07, 6.45) is 22.4. The van der Waals surface area contributed by atoms with Gasteiger partial charge in [-0.3, -0.25) is 9.05 Å². The molecule has 0 aromatic heterocycles. The first kappa shape index (κ1) is 40.3. The van der Waals surface area contributed by atoms with E-state index < -0.39 is 20.0 Å². The molecule has 0 aromatic carbocycles. The number of hydrogen-bond acceptors (Lipinski definition) is 6. The Kier molecular flexibility index (Phi) is 26.4. The summed E-state index contributed by atoms with van der Waals surface area (Å²) >= 11 is 0. The van der Waals surface area contributed by atoms with Gasteiger partial charge in [-0.15, -0.1) is 0 Å². The van der Waals surface area contributed by atoms with Crippen LogP contribution in [0.25, 0.3) is 0 Å². The van der Waals surface area contributed by atoms with E-state index in [9.17, 15) is 14.3 Å². The van der Waals surface area contributed by atoms with E-state index in [1.807, 2.05) is 21.1 Å². The summed E-state index contributed by atoms with van der Waals surface area (Å²) in [7, 11) is 1.61. The number of ether oxygens (including phenoxy) is 2. The molecular weight excluding hydrogens is 543 g/mol. The van der Waals surface area contributed by atoms with Crippen molar-refractivity contribution in [3.8, 4) is 0 Å². The van der Waals surface area contributed by atoms with E-state index in [0.29, 0.717) is 17.6 Å². The number of quaternary nitrogens is 1. The molecule has 0 spiro atoms. The highest BCUT2D eigenvalue weighted by molar-refractivity contribution is 7.47. The fourth-order valence-corrected chi connectivity index (χ4v) is 5.36. The number of phosphoric acid groups is 1. The first-order valence-corrected chi connectivity index (χ1v) is 18.0. The number of rotatable bonds is 30. The van der Waals surface area contributed by atoms with Crippen molar-refractivity contribution in [3.63, 3.8) is 0 Å². The average molecular weight is 610 g/mol. The number of nitrogens with zero attached hydrogens (tertiary/aromatic N) is 1. The van der Waals surface area contributed by atoms with Crippen LogP contribution in [-0.4, -0.2) is 82.2 Å². The second-order valence-corrected chi connectivity index (χ2v) is 13.6. The van der Waals surface area contributed by atoms with Gasteiger partial charge >= 0.3 is 13.9 Å². The topological polar surface area (TPSA) is 103 Å². The molecule has 0 aliphatic rings. The summed E-state index contributed by atoms with van der Waals surface area (Å²) in [6, 6.07) is 0. The molecule has 2 N–H and O–H groups in total. The smallest absolute Gasteiger partial charge is 0.450 e. The van der Waals surface area contributed by atoms with Gasteiger partial charge in [0.2, 0.25) is 0 Å². The van der Waals surface area contributed by atoms with Crippen molar-refractivity contribution in [2.75, 3.05) is 60.7 Å². The monoisotopic (exact) mass is 609 g/mol. The molecule has 41 heavy (non-hydrogen) atoms. The average Bonchev–Trinajstić information content (AvgIpc) is 2.89. The van der Waals surface area contributed by atoms with Gasteiger partial charge in [0.1, 0.15) is 19.3 Å². The van der Waals surface area contributed by atoms with Gasteiger partial charge in [-0.2, -0.15) is 0 Å². The number of hydrogen-bond donors (Lipinski definition) is 2. The van der Waals surface area contributed by atoms with E-state index in [0.717, 1.165) is 12.8 Å². The quantitative estimate of drug-likeness (QED) is 0.0483. The molecule has 1 amide bonds. The van der Waals surface area contributed by atoms with Crippen LogP contribution in [0.15, 0.2) is 0 Å². The number of carbonyl (C=O) groups is 1. The number of unbranched alkanes of at least 4 members (excludes halogenated alkanes) is 17. The Hall–Kier alpha value is -0.700. The van der Waals surface area contributed by atoms with Crippen LogP contribution in [0, 0.1) is 0 Å². The van der Waals surface area contributed by atoms with Crippen LogP contribution in [0.1, 0.15) is 129 Å². The third-order valence-corrected chi connectivity index (χ3v) is 8.07. The highest BCUT2D eigenvalue weighted by atomic mass is 31.2. The summed E-state index contributed by atoms with van der Waals surface area (Å²) in [6.45, 7) is 5.45. The van der Waals surface area contributed by atoms with Crippen molar-refractivity contribution in [1.29, 1.82) is 0 Å². The van der Waals surface area contributed by atoms with E-state index in [1.165, 1.54) is 103 Å². The minimum atomic E-state index is -4.29. The Morgan fingerprint density at radius 1 is 0.756 bits per heavy atom. The molecule has 0 fully saturated rings. The lowest BCUT2D eigenvalue weighted by Gasteiger charge is -2.25. The van der Waals surface area contributed by atoms with Crippen molar-refractivity contribution in [1.82, 2.24) is 5.32 Å². The Balaban J connectivity index is 3.87. The zero-order valence-corrected chi connectivity index (χ0v) is 28.2. The number of nitrogens with one attached hydrogen (secondary N) is 1. The van der Waals surface area contributed by atoms with Gasteiger partial charge in [0, 0.05) is 6.61 Å². The molecule has 0 aliphatic carbocycles. The van der Waals surface area contributed by atoms with Crippen molar-refractivity contribution < 1.29 is 37.3 Å². The first-order valence-electron chi connectivity index (χ1n) is 16.5. The van der Waals surface area contributed by atoms with Crippen LogP contribution >= 0.6 is 7.82 Å². The van der Waals surface area contributed by atoms with Crippen LogP contribution < -0.4 is 5.32 Å². The Labute approximate surface area is 252 Å². The maximum Gasteiger partial charge on any atom is 0.472 e. The molecule has 246 valence electrons. The molecule has 0 bridgehead atoms. The summed E-state index contributed by atoms with van der Waals surface area (Å²) < 4.78 is 34.0. The Morgan fingerprint density at radius 2 is 1.22 bits per heavy atom. The predicted molar refractivity (Wildman–Crippen MR) is 168 cm³/mol. The molecule has 10 heteroatoms. The van der Waals surface area contributed by atoms with Crippen LogP contribution in [0.5, 0.6) is 0 Å². The molecule has 0 heterocycles. The van der Waals surface area contributed by atoms with E-state index >= 15 is 0 Å². The zero-order valence-electron chi connectivity index (χ0n) is 27.3. The van der Waals surface area contributed by atoms with Gasteiger partial charge < -0.3 is 24.2 Å².